The fourth-order valence-corrected chi connectivity index (χ4v) is 0.671. The van der Waals surface area contributed by atoms with Crippen LogP contribution in [0.2, 0.25) is 0 Å². The van der Waals surface area contributed by atoms with Crippen molar-refractivity contribution in [1.29, 1.82) is 0 Å². The zero-order chi connectivity index (χ0) is 12.5. The van der Waals surface area contributed by atoms with Gasteiger partial charge in [-0.3, -0.25) is 0 Å². The third-order valence-electron chi connectivity index (χ3n) is 0.781. The van der Waals surface area contributed by atoms with Crippen LogP contribution in [0.15, 0.2) is 0 Å². The molecule has 0 heterocycles. The third kappa shape index (κ3) is 46.2. The van der Waals surface area contributed by atoms with Gasteiger partial charge in [0.1, 0.15) is 0 Å². The van der Waals surface area contributed by atoms with Gasteiger partial charge in [-0.05, 0) is 53.4 Å². The molecule has 0 aromatic rings. The second-order valence-corrected chi connectivity index (χ2v) is 3.26. The largest absolute Gasteiger partial charge is 1.00 e. The van der Waals surface area contributed by atoms with Gasteiger partial charge >= 0.3 is 38.2 Å². The molecule has 0 saturated heterocycles. The Balaban J connectivity index is -0.0000000425. The SMILES string of the molecule is COP(OC)OC.[CH2][CH][CH][CH2].[CH2][CH][CH][CH2].[Mn].[Na+]. The van der Waals surface area contributed by atoms with Crippen LogP contribution in [-0.4, -0.2) is 21.3 Å². The van der Waals surface area contributed by atoms with Crippen molar-refractivity contribution >= 4 is 8.60 Å². The number of unbranched alkanes of at least 4 members (excludes halogenated alkanes) is 2. The summed E-state index contributed by atoms with van der Waals surface area (Å²) < 4.78 is 14.0. The standard InChI is InChI=1S/2C4H6.C3H9O3P.Mn.Na/c2*1-3-4-2;1-4-7(5-2)6-3;;/h2*3-4H,1-2H2;1-3H3;;/q;;;;+1. The van der Waals surface area contributed by atoms with E-state index in [2.05, 4.69) is 41.3 Å². The molecule has 0 bridgehead atoms. The molecule has 0 aromatic carbocycles. The molecule has 0 aliphatic rings. The van der Waals surface area contributed by atoms with Gasteiger partial charge in [-0.2, -0.15) is 0 Å². The van der Waals surface area contributed by atoms with Crippen LogP contribution in [0.25, 0.3) is 0 Å². The molecule has 0 atom stereocenters. The van der Waals surface area contributed by atoms with E-state index in [1.165, 1.54) is 0 Å². The first kappa shape index (κ1) is 31.3. The maximum atomic E-state index is 4.67. The van der Waals surface area contributed by atoms with E-state index < -0.39 is 8.60 Å². The molecule has 0 fully saturated rings. The third-order valence-corrected chi connectivity index (χ3v) is 1.67. The summed E-state index contributed by atoms with van der Waals surface area (Å²) in [6.45, 7) is 13.4. The van der Waals surface area contributed by atoms with Gasteiger partial charge in [0.05, 0.1) is 0 Å². The van der Waals surface area contributed by atoms with Crippen LogP contribution in [0.1, 0.15) is 0 Å². The molecule has 9 radical (unpaired) electrons. The molecular weight excluding hydrogens is 289 g/mol. The van der Waals surface area contributed by atoms with Crippen LogP contribution in [-0.2, 0) is 30.6 Å². The first-order valence-corrected chi connectivity index (χ1v) is 5.17. The predicted molar refractivity (Wildman–Crippen MR) is 66.6 cm³/mol. The Morgan fingerprint density at radius 1 is 0.706 bits per heavy atom. The Morgan fingerprint density at radius 3 is 0.882 bits per heavy atom. The van der Waals surface area contributed by atoms with E-state index in [-0.39, 0.29) is 46.6 Å². The van der Waals surface area contributed by atoms with Crippen molar-refractivity contribution in [3.63, 3.8) is 0 Å². The average molecular weight is 310 g/mol. The number of hydrogen-bond donors (Lipinski definition) is 0. The molecule has 0 aliphatic carbocycles. The van der Waals surface area contributed by atoms with Crippen molar-refractivity contribution in [1.82, 2.24) is 0 Å². The van der Waals surface area contributed by atoms with E-state index >= 15 is 0 Å². The van der Waals surface area contributed by atoms with E-state index in [1.54, 1.807) is 47.0 Å². The Morgan fingerprint density at radius 2 is 0.882 bits per heavy atom. The van der Waals surface area contributed by atoms with Crippen molar-refractivity contribution in [2.45, 2.75) is 0 Å². The van der Waals surface area contributed by atoms with Crippen molar-refractivity contribution in [2.24, 2.45) is 0 Å². The van der Waals surface area contributed by atoms with Gasteiger partial charge in [0.15, 0.2) is 0 Å². The average Bonchev–Trinajstić information content (AvgIpc) is 2.32. The van der Waals surface area contributed by atoms with Gasteiger partial charge in [0.25, 0.3) is 0 Å². The Bertz CT molecular complexity index is 75.6. The Hall–Kier alpha value is 1.83. The molecule has 95 valence electrons. The van der Waals surface area contributed by atoms with Gasteiger partial charge in [-0.15, -0.1) is 0 Å². The van der Waals surface area contributed by atoms with E-state index in [9.17, 15) is 0 Å². The quantitative estimate of drug-likeness (QED) is 0.539. The molecule has 0 aliphatic heterocycles. The van der Waals surface area contributed by atoms with Crippen LogP contribution >= 0.6 is 8.60 Å². The minimum atomic E-state index is -1.05. The van der Waals surface area contributed by atoms with E-state index in [1.807, 2.05) is 0 Å². The molecule has 0 spiro atoms. The van der Waals surface area contributed by atoms with Crippen molar-refractivity contribution < 1.29 is 60.2 Å². The van der Waals surface area contributed by atoms with Gasteiger partial charge in [-0.25, -0.2) is 0 Å². The molecule has 0 saturated carbocycles. The maximum Gasteiger partial charge on any atom is 1.00 e. The molecule has 0 unspecified atom stereocenters. The second-order valence-electron chi connectivity index (χ2n) is 1.71. The molecular formula is C11H21MnNaO3P+. The molecule has 0 N–H and O–H groups in total. The van der Waals surface area contributed by atoms with Gasteiger partial charge in [-0.1, -0.05) is 0 Å². The minimum Gasteiger partial charge on any atom is -0.316 e. The summed E-state index contributed by atoms with van der Waals surface area (Å²) in [6, 6.07) is 0. The fraction of sp³-hybridized carbons (Fsp3) is 0.273. The van der Waals surface area contributed by atoms with Crippen LogP contribution in [0.5, 0.6) is 0 Å². The Labute approximate surface area is 143 Å². The topological polar surface area (TPSA) is 27.7 Å². The van der Waals surface area contributed by atoms with Crippen molar-refractivity contribution in [3.05, 3.63) is 53.4 Å². The number of hydrogen-bond acceptors (Lipinski definition) is 3. The molecule has 0 aromatic heterocycles. The molecule has 0 rings (SSSR count). The predicted octanol–water partition coefficient (Wildman–Crippen LogP) is 0.280. The minimum absolute atomic E-state index is 0. The first-order valence-electron chi connectivity index (χ1n) is 4.07. The van der Waals surface area contributed by atoms with Crippen LogP contribution < -0.4 is 29.6 Å². The zero-order valence-corrected chi connectivity index (χ0v) is 15.3. The van der Waals surface area contributed by atoms with E-state index in [4.69, 9.17) is 0 Å². The summed E-state index contributed by atoms with van der Waals surface area (Å²) in [5, 5.41) is 0. The van der Waals surface area contributed by atoms with Crippen LogP contribution in [0, 0.1) is 53.4 Å². The second kappa shape index (κ2) is 36.1. The summed E-state index contributed by atoms with van der Waals surface area (Å²) in [5.41, 5.74) is 0. The van der Waals surface area contributed by atoms with Gasteiger partial charge in [0.2, 0.25) is 0 Å². The molecule has 6 heteroatoms. The van der Waals surface area contributed by atoms with Crippen LogP contribution in [0.3, 0.4) is 0 Å². The van der Waals surface area contributed by atoms with Crippen LogP contribution in [0.4, 0.5) is 0 Å². The van der Waals surface area contributed by atoms with E-state index in [0.717, 1.165) is 0 Å². The first-order chi connectivity index (χ1) is 7.17. The van der Waals surface area contributed by atoms with Crippen molar-refractivity contribution in [3.8, 4) is 0 Å². The Kier molecular flexibility index (Phi) is 66.4. The van der Waals surface area contributed by atoms with Crippen molar-refractivity contribution in [2.75, 3.05) is 21.3 Å². The molecule has 3 nitrogen and oxygen atoms in total. The van der Waals surface area contributed by atoms with E-state index in [0.29, 0.717) is 0 Å². The monoisotopic (exact) mass is 310 g/mol. The normalized spacial score (nSPS) is 7.76. The van der Waals surface area contributed by atoms with Gasteiger partial charge < -0.3 is 13.6 Å². The summed E-state index contributed by atoms with van der Waals surface area (Å²) >= 11 is 0. The summed E-state index contributed by atoms with van der Waals surface area (Å²) in [4.78, 5) is 0. The summed E-state index contributed by atoms with van der Waals surface area (Å²) in [5.74, 6) is 0. The fourth-order valence-electron chi connectivity index (χ4n) is 0.224. The molecule has 17 heavy (non-hydrogen) atoms. The maximum absolute atomic E-state index is 4.67. The van der Waals surface area contributed by atoms with Gasteiger partial charge in [0, 0.05) is 38.4 Å². The molecule has 0 amide bonds. The number of rotatable bonds is 5. The summed E-state index contributed by atoms with van der Waals surface area (Å²) in [7, 11) is 3.57. The summed E-state index contributed by atoms with van der Waals surface area (Å²) in [6.07, 6.45) is 6.56. The smallest absolute Gasteiger partial charge is 0.316 e. The zero-order valence-electron chi connectivity index (χ0n) is 11.2.